The van der Waals surface area contributed by atoms with Crippen molar-refractivity contribution in [1.82, 2.24) is 0 Å². The van der Waals surface area contributed by atoms with Gasteiger partial charge in [-0.25, -0.2) is 0 Å². The van der Waals surface area contributed by atoms with E-state index < -0.39 is 0 Å². The summed E-state index contributed by atoms with van der Waals surface area (Å²) in [6.07, 6.45) is 6.12. The molecule has 1 radical (unpaired) electrons. The Kier molecular flexibility index (Phi) is 4.17. The fourth-order valence-corrected chi connectivity index (χ4v) is 4.23. The van der Waals surface area contributed by atoms with Gasteiger partial charge in [-0.2, -0.15) is 0 Å². The van der Waals surface area contributed by atoms with Gasteiger partial charge in [-0.1, -0.05) is 6.07 Å². The molecule has 2 aromatic carbocycles. The van der Waals surface area contributed by atoms with Crippen LogP contribution in [0.4, 0.5) is 0 Å². The molecular weight excluding hydrogens is 268 g/mol. The smallest absolute Gasteiger partial charge is 0.192 e. The van der Waals surface area contributed by atoms with Gasteiger partial charge in [0, 0.05) is 15.2 Å². The van der Waals surface area contributed by atoms with Crippen LogP contribution in [-0.2, 0) is 5.11 Å². The molecular formula is C13H13OS3. The number of rotatable bonds is 3. The molecule has 2 rings (SSSR count). The molecule has 89 valence electrons. The van der Waals surface area contributed by atoms with E-state index in [4.69, 9.17) is 0 Å². The van der Waals surface area contributed by atoms with Crippen molar-refractivity contribution in [2.24, 2.45) is 0 Å². The summed E-state index contributed by atoms with van der Waals surface area (Å²) in [5, 5.41) is 14.0. The van der Waals surface area contributed by atoms with Crippen molar-refractivity contribution in [3.8, 4) is 5.75 Å². The molecule has 2 aromatic rings. The van der Waals surface area contributed by atoms with Gasteiger partial charge >= 0.3 is 0 Å². The molecule has 0 aliphatic rings. The maximum absolute atomic E-state index is 11.8. The molecule has 0 spiro atoms. The zero-order valence-corrected chi connectivity index (χ0v) is 12.4. The van der Waals surface area contributed by atoms with Gasteiger partial charge in [0.25, 0.3) is 0 Å². The van der Waals surface area contributed by atoms with Gasteiger partial charge in [0.15, 0.2) is 5.75 Å². The average molecular weight is 281 g/mol. The van der Waals surface area contributed by atoms with Crippen LogP contribution >= 0.6 is 35.3 Å². The van der Waals surface area contributed by atoms with Crippen LogP contribution in [0.2, 0.25) is 0 Å². The van der Waals surface area contributed by atoms with Gasteiger partial charge in [0.2, 0.25) is 0 Å². The van der Waals surface area contributed by atoms with E-state index in [0.717, 1.165) is 10.3 Å². The fraction of sp³-hybridized carbons (Fsp3) is 0.231. The zero-order valence-electron chi connectivity index (χ0n) is 9.94. The van der Waals surface area contributed by atoms with E-state index in [9.17, 15) is 5.11 Å². The molecule has 4 heteroatoms. The first-order valence-electron chi connectivity index (χ1n) is 5.11. The highest BCUT2D eigenvalue weighted by atomic mass is 32.2. The molecule has 0 aliphatic carbocycles. The highest BCUT2D eigenvalue weighted by Gasteiger charge is 2.12. The molecule has 17 heavy (non-hydrogen) atoms. The monoisotopic (exact) mass is 281 g/mol. The Morgan fingerprint density at radius 1 is 0.765 bits per heavy atom. The van der Waals surface area contributed by atoms with Crippen LogP contribution in [0.5, 0.6) is 5.75 Å². The molecule has 0 heterocycles. The minimum absolute atomic E-state index is 0.119. The molecule has 0 unspecified atom stereocenters. The minimum atomic E-state index is 0.119. The van der Waals surface area contributed by atoms with Gasteiger partial charge in [0.05, 0.1) is 4.90 Å². The van der Waals surface area contributed by atoms with Crippen molar-refractivity contribution in [3.63, 3.8) is 0 Å². The van der Waals surface area contributed by atoms with Gasteiger partial charge < -0.3 is 0 Å². The minimum Gasteiger partial charge on any atom is -0.289 e. The van der Waals surface area contributed by atoms with Crippen LogP contribution in [0.25, 0.3) is 10.8 Å². The second-order valence-corrected chi connectivity index (χ2v) is 5.97. The van der Waals surface area contributed by atoms with Crippen molar-refractivity contribution >= 4 is 46.1 Å². The number of benzene rings is 2. The normalized spacial score (nSPS) is 11.0. The zero-order chi connectivity index (χ0) is 12.4. The van der Waals surface area contributed by atoms with Gasteiger partial charge in [0.1, 0.15) is 0 Å². The summed E-state index contributed by atoms with van der Waals surface area (Å²) < 4.78 is 0. The number of thioether (sulfide) groups is 3. The number of hydrogen-bond acceptors (Lipinski definition) is 3. The predicted octanol–water partition coefficient (Wildman–Crippen LogP) is 5.15. The molecule has 0 fully saturated rings. The van der Waals surface area contributed by atoms with E-state index in [-0.39, 0.29) is 5.75 Å². The first-order chi connectivity index (χ1) is 8.22. The van der Waals surface area contributed by atoms with Crippen molar-refractivity contribution in [1.29, 1.82) is 0 Å². The summed E-state index contributed by atoms with van der Waals surface area (Å²) in [5.41, 5.74) is 0. The van der Waals surface area contributed by atoms with Crippen LogP contribution in [0.3, 0.4) is 0 Å². The Labute approximate surface area is 114 Å². The molecule has 0 aliphatic heterocycles. The van der Waals surface area contributed by atoms with E-state index in [1.165, 1.54) is 26.9 Å². The summed E-state index contributed by atoms with van der Waals surface area (Å²) in [6, 6.07) is 7.80. The van der Waals surface area contributed by atoms with Crippen LogP contribution in [0.15, 0.2) is 39.0 Å². The second-order valence-electron chi connectivity index (χ2n) is 3.49. The summed E-state index contributed by atoms with van der Waals surface area (Å²) in [7, 11) is 0. The quantitative estimate of drug-likeness (QED) is 0.726. The van der Waals surface area contributed by atoms with Crippen molar-refractivity contribution < 1.29 is 5.11 Å². The Bertz CT molecular complexity index is 552. The first-order valence-corrected chi connectivity index (χ1v) is 8.79. The fourth-order valence-electron chi connectivity index (χ4n) is 1.89. The van der Waals surface area contributed by atoms with Gasteiger partial charge in [-0.05, 0) is 42.4 Å². The van der Waals surface area contributed by atoms with Gasteiger partial charge in [-0.3, -0.25) is 5.11 Å². The third-order valence-electron chi connectivity index (χ3n) is 2.66. The summed E-state index contributed by atoms with van der Waals surface area (Å²) in [6.45, 7) is 0. The maximum atomic E-state index is 11.8. The third kappa shape index (κ3) is 2.26. The van der Waals surface area contributed by atoms with Crippen molar-refractivity contribution in [3.05, 3.63) is 24.3 Å². The highest BCUT2D eigenvalue weighted by molar-refractivity contribution is 8.01. The van der Waals surface area contributed by atoms with Crippen LogP contribution in [-0.4, -0.2) is 18.8 Å². The second kappa shape index (κ2) is 5.46. The molecule has 1 nitrogen and oxygen atoms in total. The van der Waals surface area contributed by atoms with E-state index >= 15 is 0 Å². The van der Waals surface area contributed by atoms with E-state index in [1.807, 2.05) is 12.3 Å². The lowest BCUT2D eigenvalue weighted by Gasteiger charge is -2.11. The highest BCUT2D eigenvalue weighted by Crippen LogP contribution is 2.41. The van der Waals surface area contributed by atoms with Crippen molar-refractivity contribution in [2.75, 3.05) is 18.8 Å². The largest absolute Gasteiger partial charge is 0.289 e. The lowest BCUT2D eigenvalue weighted by molar-refractivity contribution is 0.346. The molecule has 0 saturated heterocycles. The summed E-state index contributed by atoms with van der Waals surface area (Å²) in [5.74, 6) is 0.119. The van der Waals surface area contributed by atoms with E-state index in [2.05, 4.69) is 24.6 Å². The Morgan fingerprint density at radius 3 is 1.94 bits per heavy atom. The Hall–Kier alpha value is -0.450. The Balaban J connectivity index is 2.83. The Morgan fingerprint density at radius 2 is 1.35 bits per heavy atom. The van der Waals surface area contributed by atoms with Crippen LogP contribution in [0, 0.1) is 0 Å². The first kappa shape index (κ1) is 13.0. The van der Waals surface area contributed by atoms with Crippen molar-refractivity contribution in [2.45, 2.75) is 14.7 Å². The predicted molar refractivity (Wildman–Crippen MR) is 79.4 cm³/mol. The number of fused-ring (bicyclic) bond motifs is 1. The standard InChI is InChI=1S/C13H13OS3/c1-15-11-7-5-8-9(13(11)17-3)4-6-10(14)12(8)16-2/h4-7H,1-3H3. The topological polar surface area (TPSA) is 19.9 Å². The SMILES string of the molecule is CSc1ccc2c(SC)c([O])ccc2c1SC. The molecule has 0 N–H and O–H groups in total. The number of hydrogen-bond donors (Lipinski definition) is 0. The van der Waals surface area contributed by atoms with Crippen LogP contribution in [0.1, 0.15) is 0 Å². The molecule has 0 bridgehead atoms. The molecule has 0 saturated carbocycles. The molecule has 0 atom stereocenters. The van der Waals surface area contributed by atoms with Gasteiger partial charge in [-0.15, -0.1) is 35.3 Å². The average Bonchev–Trinajstić information content (AvgIpc) is 2.37. The van der Waals surface area contributed by atoms with E-state index in [1.54, 1.807) is 29.6 Å². The third-order valence-corrected chi connectivity index (χ3v) is 5.24. The lowest BCUT2D eigenvalue weighted by atomic mass is 10.1. The van der Waals surface area contributed by atoms with Crippen LogP contribution < -0.4 is 0 Å². The lowest BCUT2D eigenvalue weighted by Crippen LogP contribution is -1.84. The summed E-state index contributed by atoms with van der Waals surface area (Å²) in [4.78, 5) is 3.39. The molecule has 0 amide bonds. The summed E-state index contributed by atoms with van der Waals surface area (Å²) >= 11 is 5.02. The molecule has 0 aromatic heterocycles. The maximum Gasteiger partial charge on any atom is 0.192 e. The van der Waals surface area contributed by atoms with E-state index in [0.29, 0.717) is 0 Å².